The molecule has 0 fully saturated rings. The molecule has 0 saturated carbocycles. The number of hydrogen-bond acceptors (Lipinski definition) is 7. The normalized spacial score (nSPS) is 10.9. The second-order valence-electron chi connectivity index (χ2n) is 6.57. The first-order chi connectivity index (χ1) is 14.8. The van der Waals surface area contributed by atoms with Gasteiger partial charge in [-0.25, -0.2) is 4.98 Å². The van der Waals surface area contributed by atoms with E-state index in [-0.39, 0.29) is 11.5 Å². The largest absolute Gasteiger partial charge is 0.493 e. The van der Waals surface area contributed by atoms with Crippen molar-refractivity contribution >= 4 is 17.8 Å². The third-order valence-corrected chi connectivity index (χ3v) is 4.25. The number of hydrogen-bond donors (Lipinski definition) is 2. The van der Waals surface area contributed by atoms with Gasteiger partial charge in [0.05, 0.1) is 27.0 Å². The molecule has 0 saturated heterocycles. The molecule has 3 rings (SSSR count). The quantitative estimate of drug-likeness (QED) is 0.557. The highest BCUT2D eigenvalue weighted by atomic mass is 16.5. The lowest BCUT2D eigenvalue weighted by Gasteiger charge is -2.12. The van der Waals surface area contributed by atoms with E-state index in [4.69, 9.17) is 14.2 Å². The maximum Gasteiger partial charge on any atom is 0.252 e. The summed E-state index contributed by atoms with van der Waals surface area (Å²) in [5, 5.41) is 7.04. The van der Waals surface area contributed by atoms with Crippen LogP contribution >= 0.6 is 0 Å². The van der Waals surface area contributed by atoms with Gasteiger partial charge in [-0.15, -0.1) is 0 Å². The minimum Gasteiger partial charge on any atom is -0.493 e. The second-order valence-corrected chi connectivity index (χ2v) is 6.57. The van der Waals surface area contributed by atoms with Gasteiger partial charge in [0.2, 0.25) is 17.6 Å². The Balaban J connectivity index is 1.85. The number of H-pyrrole nitrogens is 1. The lowest BCUT2D eigenvalue weighted by Crippen LogP contribution is -2.17. The smallest absolute Gasteiger partial charge is 0.252 e. The Hall–Kier alpha value is -4.08. The van der Waals surface area contributed by atoms with Crippen LogP contribution in [0.15, 0.2) is 35.1 Å². The minimum absolute atomic E-state index is 0.210. The number of carbonyl (C=O) groups is 1. The van der Waals surface area contributed by atoms with E-state index in [9.17, 15) is 9.59 Å². The Labute approximate surface area is 178 Å². The van der Waals surface area contributed by atoms with Crippen molar-refractivity contribution in [3.05, 3.63) is 57.6 Å². The number of aromatic nitrogens is 4. The number of rotatable bonds is 7. The number of carbonyl (C=O) groups excluding carboxylic acids is 1. The summed E-state index contributed by atoms with van der Waals surface area (Å²) in [6.45, 7) is 3.47. The summed E-state index contributed by atoms with van der Waals surface area (Å²) >= 11 is 0. The van der Waals surface area contributed by atoms with Gasteiger partial charge in [0, 0.05) is 23.9 Å². The van der Waals surface area contributed by atoms with E-state index >= 15 is 0 Å². The first-order valence-electron chi connectivity index (χ1n) is 9.28. The molecule has 10 nitrogen and oxygen atoms in total. The molecular weight excluding hydrogens is 402 g/mol. The van der Waals surface area contributed by atoms with Crippen LogP contribution in [-0.2, 0) is 4.79 Å². The topological polar surface area (TPSA) is 120 Å². The summed E-state index contributed by atoms with van der Waals surface area (Å²) in [5.41, 5.74) is 1.55. The molecule has 0 bridgehead atoms. The number of ether oxygens (including phenoxy) is 3. The fourth-order valence-electron chi connectivity index (χ4n) is 2.95. The van der Waals surface area contributed by atoms with E-state index in [0.29, 0.717) is 40.0 Å². The highest BCUT2D eigenvalue weighted by molar-refractivity contribution is 6.01. The molecule has 10 heteroatoms. The number of nitrogens with one attached hydrogen (secondary N) is 2. The highest BCUT2D eigenvalue weighted by Crippen LogP contribution is 2.38. The van der Waals surface area contributed by atoms with Gasteiger partial charge in [-0.2, -0.15) is 9.78 Å². The standard InChI is InChI=1S/C21H23N5O5/c1-12-9-19(28)24-21(22-12)26-17(8-13(2)25-26)23-18(27)7-6-14-10-15(29-3)20(31-5)16(11-14)30-4/h6-11H,1-5H3,(H,23,27)(H,22,24,28). The average molecular weight is 425 g/mol. The maximum atomic E-state index is 12.5. The number of anilines is 1. The first-order valence-corrected chi connectivity index (χ1v) is 9.28. The van der Waals surface area contributed by atoms with Crippen molar-refractivity contribution in [1.82, 2.24) is 19.7 Å². The van der Waals surface area contributed by atoms with Crippen molar-refractivity contribution in [1.29, 1.82) is 0 Å². The number of nitrogens with zero attached hydrogens (tertiary/aromatic N) is 3. The lowest BCUT2D eigenvalue weighted by molar-refractivity contribution is -0.111. The number of methoxy groups -OCH3 is 3. The zero-order valence-electron chi connectivity index (χ0n) is 17.8. The fourth-order valence-corrected chi connectivity index (χ4v) is 2.95. The molecule has 0 unspecified atom stereocenters. The van der Waals surface area contributed by atoms with E-state index in [2.05, 4.69) is 20.4 Å². The molecule has 1 aromatic carbocycles. The van der Waals surface area contributed by atoms with Gasteiger partial charge < -0.3 is 19.5 Å². The molecule has 1 amide bonds. The Morgan fingerprint density at radius 2 is 1.71 bits per heavy atom. The number of aromatic amines is 1. The molecule has 162 valence electrons. The van der Waals surface area contributed by atoms with Gasteiger partial charge in [-0.3, -0.25) is 14.6 Å². The van der Waals surface area contributed by atoms with E-state index in [1.54, 1.807) is 38.1 Å². The van der Waals surface area contributed by atoms with Crippen LogP contribution in [0.3, 0.4) is 0 Å². The van der Waals surface area contributed by atoms with Crippen LogP contribution < -0.4 is 25.1 Å². The van der Waals surface area contributed by atoms with Gasteiger partial charge >= 0.3 is 0 Å². The predicted octanol–water partition coefficient (Wildman–Crippen LogP) is 2.25. The minimum atomic E-state index is -0.398. The summed E-state index contributed by atoms with van der Waals surface area (Å²) in [4.78, 5) is 31.2. The predicted molar refractivity (Wildman–Crippen MR) is 115 cm³/mol. The van der Waals surface area contributed by atoms with Gasteiger partial charge in [0.1, 0.15) is 5.82 Å². The average Bonchev–Trinajstić information content (AvgIpc) is 3.10. The molecule has 0 radical (unpaired) electrons. The Morgan fingerprint density at radius 1 is 1.03 bits per heavy atom. The monoisotopic (exact) mass is 425 g/mol. The SMILES string of the molecule is COc1cc(C=CC(=O)Nc2cc(C)nn2-c2nc(C)cc(=O)[nH]2)cc(OC)c1OC. The molecule has 0 spiro atoms. The third kappa shape index (κ3) is 4.92. The van der Waals surface area contributed by atoms with Crippen LogP contribution in [0.1, 0.15) is 17.0 Å². The fraction of sp³-hybridized carbons (Fsp3) is 0.238. The molecule has 3 aromatic rings. The van der Waals surface area contributed by atoms with Crippen molar-refractivity contribution in [2.45, 2.75) is 13.8 Å². The van der Waals surface area contributed by atoms with Crippen molar-refractivity contribution in [2.24, 2.45) is 0 Å². The number of aryl methyl sites for hydroxylation is 2. The van der Waals surface area contributed by atoms with Crippen molar-refractivity contribution in [3.8, 4) is 23.2 Å². The second kappa shape index (κ2) is 9.16. The molecule has 0 aliphatic rings. The van der Waals surface area contributed by atoms with Crippen LogP contribution in [0.5, 0.6) is 17.2 Å². The molecule has 31 heavy (non-hydrogen) atoms. The van der Waals surface area contributed by atoms with Crippen LogP contribution in [0.25, 0.3) is 12.0 Å². The van der Waals surface area contributed by atoms with Crippen LogP contribution in [-0.4, -0.2) is 47.0 Å². The molecule has 0 atom stereocenters. The molecule has 0 aliphatic heterocycles. The van der Waals surface area contributed by atoms with Crippen molar-refractivity contribution < 1.29 is 19.0 Å². The maximum absolute atomic E-state index is 12.5. The molecule has 2 N–H and O–H groups in total. The Morgan fingerprint density at radius 3 is 2.29 bits per heavy atom. The summed E-state index contributed by atoms with van der Waals surface area (Å²) in [5.74, 6) is 1.60. The van der Waals surface area contributed by atoms with E-state index in [1.165, 1.54) is 38.2 Å². The lowest BCUT2D eigenvalue weighted by atomic mass is 10.1. The molecule has 2 heterocycles. The first kappa shape index (κ1) is 21.6. The van der Waals surface area contributed by atoms with Gasteiger partial charge in [-0.05, 0) is 37.6 Å². The zero-order valence-corrected chi connectivity index (χ0v) is 17.8. The Kier molecular flexibility index (Phi) is 6.39. The summed E-state index contributed by atoms with van der Waals surface area (Å²) in [6.07, 6.45) is 2.97. The van der Waals surface area contributed by atoms with Crippen molar-refractivity contribution in [3.63, 3.8) is 0 Å². The van der Waals surface area contributed by atoms with E-state index in [1.807, 2.05) is 0 Å². The summed E-state index contributed by atoms with van der Waals surface area (Å²) < 4.78 is 17.3. The van der Waals surface area contributed by atoms with Crippen LogP contribution in [0, 0.1) is 13.8 Å². The number of amides is 1. The van der Waals surface area contributed by atoms with E-state index < -0.39 is 5.91 Å². The highest BCUT2D eigenvalue weighted by Gasteiger charge is 2.14. The molecular formula is C21H23N5O5. The summed E-state index contributed by atoms with van der Waals surface area (Å²) in [6, 6.07) is 6.49. The summed E-state index contributed by atoms with van der Waals surface area (Å²) in [7, 11) is 4.56. The van der Waals surface area contributed by atoms with Crippen LogP contribution in [0.4, 0.5) is 5.82 Å². The zero-order chi connectivity index (χ0) is 22.5. The number of benzene rings is 1. The van der Waals surface area contributed by atoms with Gasteiger partial charge in [0.25, 0.3) is 5.56 Å². The van der Waals surface area contributed by atoms with Gasteiger partial charge in [-0.1, -0.05) is 0 Å². The molecule has 0 aliphatic carbocycles. The Bertz CT molecular complexity index is 1170. The van der Waals surface area contributed by atoms with E-state index in [0.717, 1.165) is 0 Å². The third-order valence-electron chi connectivity index (χ3n) is 4.25. The van der Waals surface area contributed by atoms with Gasteiger partial charge in [0.15, 0.2) is 11.5 Å². The van der Waals surface area contributed by atoms with Crippen molar-refractivity contribution in [2.75, 3.05) is 26.6 Å². The molecule has 2 aromatic heterocycles. The van der Waals surface area contributed by atoms with Crippen LogP contribution in [0.2, 0.25) is 0 Å².